The number of hydrogen-bond acceptors (Lipinski definition) is 3. The summed E-state index contributed by atoms with van der Waals surface area (Å²) in [5.74, 6) is -0.286. The molecule has 0 aliphatic carbocycles. The van der Waals surface area contributed by atoms with Crippen molar-refractivity contribution in [3.8, 4) is 0 Å². The Labute approximate surface area is 94.7 Å². The van der Waals surface area contributed by atoms with Crippen molar-refractivity contribution in [3.63, 3.8) is 0 Å². The summed E-state index contributed by atoms with van der Waals surface area (Å²) < 4.78 is 10.2. The molecule has 3 heteroatoms. The van der Waals surface area contributed by atoms with Crippen LogP contribution < -0.4 is 0 Å². The molecule has 2 rings (SSSR count). The highest BCUT2D eigenvalue weighted by molar-refractivity contribution is 5.90. The normalized spacial score (nSPS) is 19.9. The van der Waals surface area contributed by atoms with Crippen molar-refractivity contribution in [2.24, 2.45) is 0 Å². The first-order chi connectivity index (χ1) is 7.70. The summed E-state index contributed by atoms with van der Waals surface area (Å²) in [5, 5.41) is 0. The second-order valence-electron chi connectivity index (χ2n) is 3.88. The van der Waals surface area contributed by atoms with Crippen molar-refractivity contribution < 1.29 is 14.3 Å². The Balaban J connectivity index is 2.10. The molecule has 1 aromatic rings. The van der Waals surface area contributed by atoms with Crippen molar-refractivity contribution in [3.05, 3.63) is 47.5 Å². The van der Waals surface area contributed by atoms with Gasteiger partial charge in [0.1, 0.15) is 6.10 Å². The van der Waals surface area contributed by atoms with Crippen LogP contribution in [0, 0.1) is 0 Å². The standard InChI is InChI=1S/C13H14O3/c1-9-7-12(16-13(9)14)11-5-3-10(4-6-11)8-15-2/h3-6,12H,1,7-8H2,2H3. The predicted octanol–water partition coefficient (Wildman–Crippen LogP) is 2.38. The summed E-state index contributed by atoms with van der Waals surface area (Å²) in [6, 6.07) is 7.89. The van der Waals surface area contributed by atoms with E-state index in [1.807, 2.05) is 24.3 Å². The van der Waals surface area contributed by atoms with Gasteiger partial charge in [0.2, 0.25) is 0 Å². The van der Waals surface area contributed by atoms with Gasteiger partial charge in [-0.1, -0.05) is 30.8 Å². The lowest BCUT2D eigenvalue weighted by atomic mass is 10.0. The van der Waals surface area contributed by atoms with Crippen molar-refractivity contribution in [2.45, 2.75) is 19.1 Å². The van der Waals surface area contributed by atoms with Gasteiger partial charge in [0, 0.05) is 19.1 Å². The third kappa shape index (κ3) is 2.14. The van der Waals surface area contributed by atoms with Gasteiger partial charge in [-0.25, -0.2) is 4.79 Å². The van der Waals surface area contributed by atoms with Crippen LogP contribution in [0.3, 0.4) is 0 Å². The molecule has 1 atom stereocenters. The topological polar surface area (TPSA) is 35.5 Å². The maximum atomic E-state index is 11.2. The van der Waals surface area contributed by atoms with Crippen LogP contribution >= 0.6 is 0 Å². The monoisotopic (exact) mass is 218 g/mol. The van der Waals surface area contributed by atoms with Crippen molar-refractivity contribution in [1.29, 1.82) is 0 Å². The van der Waals surface area contributed by atoms with Crippen LogP contribution in [0.25, 0.3) is 0 Å². The highest BCUT2D eigenvalue weighted by atomic mass is 16.5. The fourth-order valence-corrected chi connectivity index (χ4v) is 1.74. The number of esters is 1. The molecule has 1 aliphatic heterocycles. The second kappa shape index (κ2) is 4.49. The van der Waals surface area contributed by atoms with E-state index >= 15 is 0 Å². The van der Waals surface area contributed by atoms with Gasteiger partial charge in [-0.15, -0.1) is 0 Å². The highest BCUT2D eigenvalue weighted by Gasteiger charge is 2.28. The Hall–Kier alpha value is -1.61. The summed E-state index contributed by atoms with van der Waals surface area (Å²) in [5.41, 5.74) is 2.66. The second-order valence-corrected chi connectivity index (χ2v) is 3.88. The molecule has 16 heavy (non-hydrogen) atoms. The molecule has 84 valence electrons. The lowest BCUT2D eigenvalue weighted by Crippen LogP contribution is -1.99. The molecule has 0 aromatic heterocycles. The van der Waals surface area contributed by atoms with Gasteiger partial charge in [0.15, 0.2) is 0 Å². The maximum absolute atomic E-state index is 11.2. The van der Waals surface area contributed by atoms with Crippen molar-refractivity contribution >= 4 is 5.97 Å². The van der Waals surface area contributed by atoms with Crippen LogP contribution in [0.5, 0.6) is 0 Å². The average Bonchev–Trinajstić information content (AvgIpc) is 2.61. The Morgan fingerprint density at radius 3 is 2.62 bits per heavy atom. The summed E-state index contributed by atoms with van der Waals surface area (Å²) in [6.07, 6.45) is 0.416. The summed E-state index contributed by atoms with van der Waals surface area (Å²) >= 11 is 0. The van der Waals surface area contributed by atoms with Crippen molar-refractivity contribution in [2.75, 3.05) is 7.11 Å². The minimum Gasteiger partial charge on any atom is -0.454 e. The first kappa shape index (κ1) is 10.9. The minimum absolute atomic E-state index is 0.170. The lowest BCUT2D eigenvalue weighted by molar-refractivity contribution is -0.139. The van der Waals surface area contributed by atoms with Gasteiger partial charge >= 0.3 is 5.97 Å². The molecule has 0 radical (unpaired) electrons. The SMILES string of the molecule is C=C1CC(c2ccc(COC)cc2)OC1=O. The van der Waals surface area contributed by atoms with E-state index in [4.69, 9.17) is 9.47 Å². The quantitative estimate of drug-likeness (QED) is 0.577. The molecule has 1 aliphatic rings. The minimum atomic E-state index is -0.286. The number of carbonyl (C=O) groups excluding carboxylic acids is 1. The number of cyclic esters (lactones) is 1. The predicted molar refractivity (Wildman–Crippen MR) is 59.7 cm³/mol. The van der Waals surface area contributed by atoms with Gasteiger partial charge in [-0.2, -0.15) is 0 Å². The average molecular weight is 218 g/mol. The van der Waals surface area contributed by atoms with E-state index in [1.165, 1.54) is 0 Å². The van der Waals surface area contributed by atoms with Crippen LogP contribution in [0.4, 0.5) is 0 Å². The van der Waals surface area contributed by atoms with Gasteiger partial charge in [-0.3, -0.25) is 0 Å². The Morgan fingerprint density at radius 2 is 2.12 bits per heavy atom. The number of ether oxygens (including phenoxy) is 2. The molecule has 3 nitrogen and oxygen atoms in total. The van der Waals surface area contributed by atoms with Crippen LogP contribution in [0.15, 0.2) is 36.4 Å². The molecule has 0 amide bonds. The van der Waals surface area contributed by atoms with Gasteiger partial charge in [0.05, 0.1) is 6.61 Å². The highest BCUT2D eigenvalue weighted by Crippen LogP contribution is 2.32. The first-order valence-electron chi connectivity index (χ1n) is 5.17. The molecule has 1 heterocycles. The van der Waals surface area contributed by atoms with Crippen LogP contribution in [0.1, 0.15) is 23.7 Å². The lowest BCUT2D eigenvalue weighted by Gasteiger charge is -2.09. The van der Waals surface area contributed by atoms with Gasteiger partial charge < -0.3 is 9.47 Å². The largest absolute Gasteiger partial charge is 0.454 e. The summed E-state index contributed by atoms with van der Waals surface area (Å²) in [7, 11) is 1.66. The first-order valence-corrected chi connectivity index (χ1v) is 5.17. The number of hydrogen-bond donors (Lipinski definition) is 0. The van der Waals surface area contributed by atoms with E-state index in [-0.39, 0.29) is 12.1 Å². The summed E-state index contributed by atoms with van der Waals surface area (Å²) in [6.45, 7) is 4.26. The van der Waals surface area contributed by atoms with Gasteiger partial charge in [0.25, 0.3) is 0 Å². The molecule has 1 fully saturated rings. The Morgan fingerprint density at radius 1 is 1.44 bits per heavy atom. The molecule has 1 unspecified atom stereocenters. The molecule has 0 N–H and O–H groups in total. The number of benzene rings is 1. The molecular weight excluding hydrogens is 204 g/mol. The number of methoxy groups -OCH3 is 1. The molecule has 0 bridgehead atoms. The maximum Gasteiger partial charge on any atom is 0.334 e. The molecule has 0 spiro atoms. The van der Waals surface area contributed by atoms with E-state index in [1.54, 1.807) is 7.11 Å². The fourth-order valence-electron chi connectivity index (χ4n) is 1.74. The van der Waals surface area contributed by atoms with Crippen LogP contribution in [-0.2, 0) is 20.9 Å². The Kier molecular flexibility index (Phi) is 3.06. The molecule has 1 saturated heterocycles. The third-order valence-corrected chi connectivity index (χ3v) is 2.63. The Bertz CT molecular complexity index is 390. The van der Waals surface area contributed by atoms with Crippen LogP contribution in [-0.4, -0.2) is 13.1 Å². The molecule has 1 aromatic carbocycles. The fraction of sp³-hybridized carbons (Fsp3) is 0.308. The zero-order chi connectivity index (χ0) is 11.5. The summed E-state index contributed by atoms with van der Waals surface area (Å²) in [4.78, 5) is 11.2. The van der Waals surface area contributed by atoms with E-state index in [9.17, 15) is 4.79 Å². The zero-order valence-electron chi connectivity index (χ0n) is 9.23. The van der Waals surface area contributed by atoms with E-state index in [0.29, 0.717) is 18.6 Å². The smallest absolute Gasteiger partial charge is 0.334 e. The van der Waals surface area contributed by atoms with Crippen molar-refractivity contribution in [1.82, 2.24) is 0 Å². The third-order valence-electron chi connectivity index (χ3n) is 2.63. The van der Waals surface area contributed by atoms with E-state index in [0.717, 1.165) is 11.1 Å². The van der Waals surface area contributed by atoms with Gasteiger partial charge in [-0.05, 0) is 11.1 Å². The van der Waals surface area contributed by atoms with E-state index in [2.05, 4.69) is 6.58 Å². The molecule has 0 saturated carbocycles. The molecular formula is C13H14O3. The number of carbonyl (C=O) groups is 1. The van der Waals surface area contributed by atoms with E-state index < -0.39 is 0 Å². The van der Waals surface area contributed by atoms with Crippen LogP contribution in [0.2, 0.25) is 0 Å². The number of rotatable bonds is 3. The zero-order valence-corrected chi connectivity index (χ0v) is 9.23.